The Morgan fingerprint density at radius 1 is 1.35 bits per heavy atom. The SMILES string of the molecule is N#Cc1c(N2CCOCC2)sc(C=O)c1Cc1cc2cc(F)ccc2[nH]1. The number of anilines is 1. The normalized spacial score (nSPS) is 14.5. The number of nitrogens with one attached hydrogen (secondary N) is 1. The third-order valence-corrected chi connectivity index (χ3v) is 5.76. The first-order valence-electron chi connectivity index (χ1n) is 8.30. The topological polar surface area (TPSA) is 69.1 Å². The summed E-state index contributed by atoms with van der Waals surface area (Å²) in [6.45, 7) is 2.64. The monoisotopic (exact) mass is 369 g/mol. The quantitative estimate of drug-likeness (QED) is 0.715. The Morgan fingerprint density at radius 2 is 2.15 bits per heavy atom. The third kappa shape index (κ3) is 2.98. The Bertz CT molecular complexity index is 1010. The van der Waals surface area contributed by atoms with E-state index in [4.69, 9.17) is 4.74 Å². The maximum absolute atomic E-state index is 13.4. The highest BCUT2D eigenvalue weighted by molar-refractivity contribution is 7.18. The van der Waals surface area contributed by atoms with Gasteiger partial charge in [0, 0.05) is 36.1 Å². The fourth-order valence-corrected chi connectivity index (χ4v) is 4.43. The lowest BCUT2D eigenvalue weighted by Crippen LogP contribution is -2.36. The average molecular weight is 369 g/mol. The Labute approximate surface area is 153 Å². The number of aromatic nitrogens is 1. The number of hydrogen-bond acceptors (Lipinski definition) is 5. The predicted octanol–water partition coefficient (Wildman–Crippen LogP) is 3.48. The number of carbonyl (C=O) groups is 1. The van der Waals surface area contributed by atoms with Crippen LogP contribution < -0.4 is 4.90 Å². The molecule has 3 aromatic rings. The molecule has 0 unspecified atom stereocenters. The van der Waals surface area contributed by atoms with E-state index in [0.717, 1.165) is 33.4 Å². The lowest BCUT2D eigenvalue weighted by atomic mass is 10.1. The van der Waals surface area contributed by atoms with Crippen molar-refractivity contribution in [2.75, 3.05) is 31.2 Å². The summed E-state index contributed by atoms with van der Waals surface area (Å²) >= 11 is 1.35. The summed E-state index contributed by atoms with van der Waals surface area (Å²) in [5.41, 5.74) is 2.94. The van der Waals surface area contributed by atoms with Crippen LogP contribution in [0, 0.1) is 17.1 Å². The van der Waals surface area contributed by atoms with Crippen LogP contribution in [-0.4, -0.2) is 37.6 Å². The molecule has 26 heavy (non-hydrogen) atoms. The van der Waals surface area contributed by atoms with Crippen molar-refractivity contribution in [1.82, 2.24) is 4.98 Å². The molecule has 1 aliphatic rings. The number of nitriles is 1. The van der Waals surface area contributed by atoms with Crippen molar-refractivity contribution in [2.45, 2.75) is 6.42 Å². The molecule has 3 heterocycles. The van der Waals surface area contributed by atoms with Crippen molar-refractivity contribution in [3.05, 3.63) is 51.8 Å². The number of H-pyrrole nitrogens is 1. The lowest BCUT2D eigenvalue weighted by Gasteiger charge is -2.27. The average Bonchev–Trinajstić information content (AvgIpc) is 3.22. The van der Waals surface area contributed by atoms with E-state index in [9.17, 15) is 14.4 Å². The number of ether oxygens (including phenoxy) is 1. The zero-order chi connectivity index (χ0) is 18.1. The fraction of sp³-hybridized carbons (Fsp3) is 0.263. The number of halogens is 1. The number of aldehydes is 1. The van der Waals surface area contributed by atoms with Gasteiger partial charge in [-0.25, -0.2) is 4.39 Å². The zero-order valence-corrected chi connectivity index (χ0v) is 14.7. The van der Waals surface area contributed by atoms with Crippen LogP contribution in [0.1, 0.15) is 26.5 Å². The van der Waals surface area contributed by atoms with Crippen molar-refractivity contribution in [1.29, 1.82) is 5.26 Å². The number of nitrogens with zero attached hydrogens (tertiary/aromatic N) is 2. The van der Waals surface area contributed by atoms with E-state index in [-0.39, 0.29) is 5.82 Å². The first kappa shape index (κ1) is 16.8. The van der Waals surface area contributed by atoms with E-state index in [1.807, 2.05) is 6.07 Å². The van der Waals surface area contributed by atoms with E-state index >= 15 is 0 Å². The van der Waals surface area contributed by atoms with Gasteiger partial charge in [0.15, 0.2) is 6.29 Å². The van der Waals surface area contributed by atoms with Crippen molar-refractivity contribution >= 4 is 33.5 Å². The van der Waals surface area contributed by atoms with Gasteiger partial charge in [0.2, 0.25) is 0 Å². The highest BCUT2D eigenvalue weighted by Gasteiger charge is 2.24. The van der Waals surface area contributed by atoms with Gasteiger partial charge in [-0.1, -0.05) is 0 Å². The number of benzene rings is 1. The van der Waals surface area contributed by atoms with Crippen LogP contribution in [0.5, 0.6) is 0 Å². The molecule has 0 spiro atoms. The van der Waals surface area contributed by atoms with E-state index in [1.165, 1.54) is 23.5 Å². The number of carbonyl (C=O) groups excluding carboxylic acids is 1. The van der Waals surface area contributed by atoms with Gasteiger partial charge in [0.05, 0.1) is 23.7 Å². The van der Waals surface area contributed by atoms with E-state index in [0.29, 0.717) is 43.2 Å². The second-order valence-corrected chi connectivity index (χ2v) is 7.19. The lowest BCUT2D eigenvalue weighted by molar-refractivity contribution is 0.112. The summed E-state index contributed by atoms with van der Waals surface area (Å²) < 4.78 is 18.8. The molecule has 0 radical (unpaired) electrons. The van der Waals surface area contributed by atoms with Crippen LogP contribution in [0.25, 0.3) is 10.9 Å². The van der Waals surface area contributed by atoms with E-state index in [2.05, 4.69) is 16.0 Å². The number of rotatable bonds is 4. The number of thiophene rings is 1. The molecule has 0 amide bonds. The van der Waals surface area contributed by atoms with Gasteiger partial charge in [-0.05, 0) is 29.8 Å². The molecule has 0 aliphatic carbocycles. The molecule has 7 heteroatoms. The van der Waals surface area contributed by atoms with E-state index < -0.39 is 0 Å². The molecule has 1 N–H and O–H groups in total. The maximum atomic E-state index is 13.4. The van der Waals surface area contributed by atoms with Crippen LogP contribution in [0.3, 0.4) is 0 Å². The summed E-state index contributed by atoms with van der Waals surface area (Å²) in [5, 5.41) is 11.3. The van der Waals surface area contributed by atoms with Gasteiger partial charge >= 0.3 is 0 Å². The standard InChI is InChI=1S/C19H16FN3O2S/c20-13-1-2-17-12(7-13)8-14(22-17)9-15-16(10-21)19(26-18(15)11-24)23-3-5-25-6-4-23/h1-2,7-8,11,22H,3-6,9H2. The number of aromatic amines is 1. The molecule has 1 aromatic carbocycles. The first-order valence-corrected chi connectivity index (χ1v) is 9.12. The van der Waals surface area contributed by atoms with Crippen molar-refractivity contribution in [3.8, 4) is 6.07 Å². The minimum Gasteiger partial charge on any atom is -0.378 e. The summed E-state index contributed by atoms with van der Waals surface area (Å²) in [6, 6.07) is 8.69. The largest absolute Gasteiger partial charge is 0.378 e. The van der Waals surface area contributed by atoms with Crippen LogP contribution in [0.15, 0.2) is 24.3 Å². The molecule has 5 nitrogen and oxygen atoms in total. The highest BCUT2D eigenvalue weighted by Crippen LogP contribution is 2.37. The molecule has 0 bridgehead atoms. The number of morpholine rings is 1. The summed E-state index contributed by atoms with van der Waals surface area (Å²) in [6.07, 6.45) is 1.24. The second-order valence-electron chi connectivity index (χ2n) is 6.16. The Kier molecular flexibility index (Phi) is 4.45. The molecule has 0 saturated carbocycles. The molecule has 1 fully saturated rings. The van der Waals surface area contributed by atoms with Crippen LogP contribution in [0.2, 0.25) is 0 Å². The van der Waals surface area contributed by atoms with Crippen LogP contribution in [-0.2, 0) is 11.2 Å². The van der Waals surface area contributed by atoms with E-state index in [1.54, 1.807) is 6.07 Å². The van der Waals surface area contributed by atoms with Crippen molar-refractivity contribution < 1.29 is 13.9 Å². The van der Waals surface area contributed by atoms with Gasteiger partial charge in [-0.2, -0.15) is 5.26 Å². The fourth-order valence-electron chi connectivity index (χ4n) is 3.29. The Balaban J connectivity index is 1.73. The zero-order valence-electron chi connectivity index (χ0n) is 13.9. The van der Waals surface area contributed by atoms with Gasteiger partial charge < -0.3 is 14.6 Å². The molecular weight excluding hydrogens is 353 g/mol. The Morgan fingerprint density at radius 3 is 2.88 bits per heavy atom. The second kappa shape index (κ2) is 6.90. The minimum atomic E-state index is -0.292. The summed E-state index contributed by atoms with van der Waals surface area (Å²) in [5.74, 6) is -0.292. The highest BCUT2D eigenvalue weighted by atomic mass is 32.1. The Hall–Kier alpha value is -2.69. The molecule has 1 aliphatic heterocycles. The predicted molar refractivity (Wildman–Crippen MR) is 98.5 cm³/mol. The summed E-state index contributed by atoms with van der Waals surface area (Å²) in [4.78, 5) is 17.5. The molecular formula is C19H16FN3O2S. The number of fused-ring (bicyclic) bond motifs is 1. The van der Waals surface area contributed by atoms with Gasteiger partial charge in [0.1, 0.15) is 16.9 Å². The smallest absolute Gasteiger partial charge is 0.160 e. The first-order chi connectivity index (χ1) is 12.7. The molecule has 4 rings (SSSR count). The maximum Gasteiger partial charge on any atom is 0.160 e. The van der Waals surface area contributed by atoms with Gasteiger partial charge in [-0.15, -0.1) is 11.3 Å². The van der Waals surface area contributed by atoms with Gasteiger partial charge in [-0.3, -0.25) is 4.79 Å². The van der Waals surface area contributed by atoms with Crippen molar-refractivity contribution in [3.63, 3.8) is 0 Å². The molecule has 2 aromatic heterocycles. The number of hydrogen-bond donors (Lipinski definition) is 1. The van der Waals surface area contributed by atoms with Crippen LogP contribution in [0.4, 0.5) is 9.39 Å². The molecule has 132 valence electrons. The van der Waals surface area contributed by atoms with Gasteiger partial charge in [0.25, 0.3) is 0 Å². The molecule has 0 atom stereocenters. The minimum absolute atomic E-state index is 0.292. The molecule has 1 saturated heterocycles. The summed E-state index contributed by atoms with van der Waals surface area (Å²) in [7, 11) is 0. The van der Waals surface area contributed by atoms with Crippen LogP contribution >= 0.6 is 11.3 Å². The van der Waals surface area contributed by atoms with Crippen molar-refractivity contribution in [2.24, 2.45) is 0 Å². The third-order valence-electron chi connectivity index (χ3n) is 4.54.